The Labute approximate surface area is 146 Å². The average Bonchev–Trinajstić information content (AvgIpc) is 3.02. The van der Waals surface area contributed by atoms with Crippen molar-refractivity contribution in [3.8, 4) is 10.6 Å². The first kappa shape index (κ1) is 18.1. The quantitative estimate of drug-likeness (QED) is 0.783. The molecule has 1 atom stereocenters. The fourth-order valence-electron chi connectivity index (χ4n) is 2.34. The summed E-state index contributed by atoms with van der Waals surface area (Å²) in [5.74, 6) is -0.366. The molecule has 0 fully saturated rings. The molecule has 1 aromatic heterocycles. The smallest absolute Gasteiger partial charge is 0.328 e. The molecule has 1 N–H and O–H groups in total. The van der Waals surface area contributed by atoms with Crippen LogP contribution >= 0.6 is 11.3 Å². The Kier molecular flexibility index (Phi) is 6.49. The van der Waals surface area contributed by atoms with Crippen molar-refractivity contribution in [2.75, 3.05) is 7.11 Å². The second-order valence-corrected chi connectivity index (χ2v) is 6.82. The van der Waals surface area contributed by atoms with Crippen LogP contribution in [-0.4, -0.2) is 30.0 Å². The summed E-state index contributed by atoms with van der Waals surface area (Å²) < 4.78 is 4.76. The van der Waals surface area contributed by atoms with E-state index in [1.54, 1.807) is 0 Å². The molecule has 1 heterocycles. The van der Waals surface area contributed by atoms with Crippen molar-refractivity contribution in [2.45, 2.75) is 32.7 Å². The second kappa shape index (κ2) is 8.59. The van der Waals surface area contributed by atoms with Gasteiger partial charge in [0.1, 0.15) is 11.0 Å². The van der Waals surface area contributed by atoms with Gasteiger partial charge in [0.05, 0.1) is 19.2 Å². The van der Waals surface area contributed by atoms with Gasteiger partial charge in [-0.25, -0.2) is 9.78 Å². The molecule has 0 spiro atoms. The molecule has 5 nitrogen and oxygen atoms in total. The first-order valence-electron chi connectivity index (χ1n) is 7.86. The van der Waals surface area contributed by atoms with Crippen molar-refractivity contribution < 1.29 is 14.3 Å². The van der Waals surface area contributed by atoms with Crippen molar-refractivity contribution >= 4 is 23.2 Å². The zero-order valence-electron chi connectivity index (χ0n) is 14.1. The molecule has 1 unspecified atom stereocenters. The van der Waals surface area contributed by atoms with E-state index in [1.165, 1.54) is 18.4 Å². The van der Waals surface area contributed by atoms with Crippen LogP contribution in [-0.2, 0) is 20.7 Å². The lowest BCUT2D eigenvalue weighted by Gasteiger charge is -2.18. The average molecular weight is 346 g/mol. The van der Waals surface area contributed by atoms with Crippen molar-refractivity contribution in [1.82, 2.24) is 10.3 Å². The van der Waals surface area contributed by atoms with E-state index in [9.17, 15) is 9.59 Å². The highest BCUT2D eigenvalue weighted by atomic mass is 32.1. The number of hydrogen-bond donors (Lipinski definition) is 1. The summed E-state index contributed by atoms with van der Waals surface area (Å²) in [4.78, 5) is 28.5. The van der Waals surface area contributed by atoms with Crippen LogP contribution in [0.4, 0.5) is 0 Å². The van der Waals surface area contributed by atoms with Crippen LogP contribution in [0.25, 0.3) is 10.6 Å². The lowest BCUT2D eigenvalue weighted by atomic mass is 10.0. The number of benzene rings is 1. The summed E-state index contributed by atoms with van der Waals surface area (Å²) in [7, 11) is 1.33. The Bertz CT molecular complexity index is 683. The Morgan fingerprint density at radius 2 is 1.96 bits per heavy atom. The molecular formula is C18H22N2O3S. The zero-order valence-corrected chi connectivity index (χ0v) is 14.9. The highest BCUT2D eigenvalue weighted by Crippen LogP contribution is 2.23. The van der Waals surface area contributed by atoms with E-state index < -0.39 is 12.0 Å². The van der Waals surface area contributed by atoms with Gasteiger partial charge in [0.15, 0.2) is 0 Å². The third kappa shape index (κ3) is 5.16. The minimum Gasteiger partial charge on any atom is -0.467 e. The highest BCUT2D eigenvalue weighted by Gasteiger charge is 2.23. The molecule has 128 valence electrons. The summed E-state index contributed by atoms with van der Waals surface area (Å²) in [5.41, 5.74) is 1.73. The minimum absolute atomic E-state index is 0.148. The number of amides is 1. The van der Waals surface area contributed by atoms with Gasteiger partial charge in [-0.1, -0.05) is 44.2 Å². The number of carbonyl (C=O) groups is 2. The number of carbonyl (C=O) groups excluding carboxylic acids is 2. The molecule has 0 radical (unpaired) electrons. The van der Waals surface area contributed by atoms with Gasteiger partial charge in [-0.15, -0.1) is 11.3 Å². The molecule has 0 aliphatic heterocycles. The van der Waals surface area contributed by atoms with E-state index in [2.05, 4.69) is 10.3 Å². The lowest BCUT2D eigenvalue weighted by molar-refractivity contribution is -0.145. The zero-order chi connectivity index (χ0) is 17.5. The molecule has 0 bridgehead atoms. The molecule has 0 aliphatic carbocycles. The standard InChI is InChI=1S/C18H22N2O3S/c1-12(2)9-15(18(22)23-3)20-16(21)10-14-11-24-17(19-14)13-7-5-4-6-8-13/h4-8,11-12,15H,9-10H2,1-3H3,(H,20,21). The van der Waals surface area contributed by atoms with Crippen LogP contribution in [0.5, 0.6) is 0 Å². The van der Waals surface area contributed by atoms with Crippen LogP contribution in [0.15, 0.2) is 35.7 Å². The molecule has 1 aromatic carbocycles. The first-order valence-corrected chi connectivity index (χ1v) is 8.74. The normalized spacial score (nSPS) is 12.0. The minimum atomic E-state index is -0.616. The molecule has 24 heavy (non-hydrogen) atoms. The SMILES string of the molecule is COC(=O)C(CC(C)C)NC(=O)Cc1csc(-c2ccccc2)n1. The van der Waals surface area contributed by atoms with Crippen LogP contribution in [0.1, 0.15) is 26.0 Å². The largest absolute Gasteiger partial charge is 0.467 e. The molecule has 2 aromatic rings. The number of nitrogens with zero attached hydrogens (tertiary/aromatic N) is 1. The number of methoxy groups -OCH3 is 1. The van der Waals surface area contributed by atoms with Crippen molar-refractivity contribution in [2.24, 2.45) is 5.92 Å². The van der Waals surface area contributed by atoms with E-state index in [0.29, 0.717) is 12.1 Å². The lowest BCUT2D eigenvalue weighted by Crippen LogP contribution is -2.43. The van der Waals surface area contributed by atoms with Crippen LogP contribution in [0.2, 0.25) is 0 Å². The maximum atomic E-state index is 12.2. The number of esters is 1. The van der Waals surface area contributed by atoms with Gasteiger partial charge in [0, 0.05) is 10.9 Å². The maximum absolute atomic E-state index is 12.2. The summed E-state index contributed by atoms with van der Waals surface area (Å²) >= 11 is 1.50. The number of ether oxygens (including phenoxy) is 1. The monoisotopic (exact) mass is 346 g/mol. The fraction of sp³-hybridized carbons (Fsp3) is 0.389. The summed E-state index contributed by atoms with van der Waals surface area (Å²) in [6, 6.07) is 9.21. The predicted molar refractivity (Wildman–Crippen MR) is 94.7 cm³/mol. The van der Waals surface area contributed by atoms with E-state index in [-0.39, 0.29) is 18.2 Å². The summed E-state index contributed by atoms with van der Waals surface area (Å²) in [6.07, 6.45) is 0.694. The van der Waals surface area contributed by atoms with Gasteiger partial charge >= 0.3 is 5.97 Å². The number of nitrogens with one attached hydrogen (secondary N) is 1. The number of rotatable bonds is 7. The molecule has 2 rings (SSSR count). The van der Waals surface area contributed by atoms with Gasteiger partial charge in [-0.05, 0) is 12.3 Å². The Balaban J connectivity index is 1.99. The van der Waals surface area contributed by atoms with Crippen LogP contribution in [0, 0.1) is 5.92 Å². The van der Waals surface area contributed by atoms with E-state index >= 15 is 0 Å². The molecule has 0 saturated heterocycles. The van der Waals surface area contributed by atoms with Crippen molar-refractivity contribution in [3.05, 3.63) is 41.4 Å². The number of aromatic nitrogens is 1. The summed E-state index contributed by atoms with van der Waals surface area (Å²) in [6.45, 7) is 3.99. The van der Waals surface area contributed by atoms with Crippen LogP contribution < -0.4 is 5.32 Å². The second-order valence-electron chi connectivity index (χ2n) is 5.96. The molecular weight excluding hydrogens is 324 g/mol. The maximum Gasteiger partial charge on any atom is 0.328 e. The van der Waals surface area contributed by atoms with Crippen LogP contribution in [0.3, 0.4) is 0 Å². The van der Waals surface area contributed by atoms with E-state index in [4.69, 9.17) is 4.74 Å². The van der Waals surface area contributed by atoms with E-state index in [0.717, 1.165) is 10.6 Å². The van der Waals surface area contributed by atoms with Gasteiger partial charge in [-0.2, -0.15) is 0 Å². The van der Waals surface area contributed by atoms with Gasteiger partial charge in [0.2, 0.25) is 5.91 Å². The third-order valence-corrected chi connectivity index (χ3v) is 4.38. The predicted octanol–water partition coefficient (Wildman–Crippen LogP) is 3.06. The van der Waals surface area contributed by atoms with Gasteiger partial charge < -0.3 is 10.1 Å². The number of hydrogen-bond acceptors (Lipinski definition) is 5. The summed E-state index contributed by atoms with van der Waals surface area (Å²) in [5, 5.41) is 5.50. The molecule has 0 aliphatic rings. The Morgan fingerprint density at radius 3 is 2.58 bits per heavy atom. The third-order valence-electron chi connectivity index (χ3n) is 3.44. The van der Waals surface area contributed by atoms with Crippen molar-refractivity contribution in [3.63, 3.8) is 0 Å². The fourth-order valence-corrected chi connectivity index (χ4v) is 3.16. The Morgan fingerprint density at radius 1 is 1.25 bits per heavy atom. The number of thiazole rings is 1. The van der Waals surface area contributed by atoms with Crippen molar-refractivity contribution in [1.29, 1.82) is 0 Å². The Hall–Kier alpha value is -2.21. The first-order chi connectivity index (χ1) is 11.5. The molecule has 6 heteroatoms. The van der Waals surface area contributed by atoms with Gasteiger partial charge in [-0.3, -0.25) is 4.79 Å². The van der Waals surface area contributed by atoms with E-state index in [1.807, 2.05) is 49.6 Å². The molecule has 1 amide bonds. The van der Waals surface area contributed by atoms with Gasteiger partial charge in [0.25, 0.3) is 0 Å². The topological polar surface area (TPSA) is 68.3 Å². The highest BCUT2D eigenvalue weighted by molar-refractivity contribution is 7.13. The molecule has 0 saturated carbocycles.